The highest BCUT2D eigenvalue weighted by Gasteiger charge is 2.65. The fourth-order valence-corrected chi connectivity index (χ4v) is 2.59. The standard InChI is InChI=1S/C16H10ClF4N3O2/c1-26-14(25)15(16(19,20)21)22-12-7-6-9(17)8-24(12)13(23-15)10-4-2-3-5-11(10)18/h2-8H,1H3/t15-/m1/s1. The molecule has 1 aromatic rings. The molecule has 0 saturated heterocycles. The Morgan fingerprint density at radius 3 is 2.54 bits per heavy atom. The van der Waals surface area contributed by atoms with Crippen molar-refractivity contribution in [2.45, 2.75) is 11.8 Å². The van der Waals surface area contributed by atoms with Crippen LogP contribution in [0.2, 0.25) is 0 Å². The number of carbonyl (C=O) groups is 1. The van der Waals surface area contributed by atoms with Crippen molar-refractivity contribution < 1.29 is 27.1 Å². The maximum atomic E-state index is 14.2. The lowest BCUT2D eigenvalue weighted by Crippen LogP contribution is -2.55. The first-order valence-electron chi connectivity index (χ1n) is 7.14. The van der Waals surface area contributed by atoms with E-state index in [0.29, 0.717) is 0 Å². The number of nitrogens with zero attached hydrogens (tertiary/aromatic N) is 3. The second kappa shape index (κ2) is 6.24. The average molecular weight is 388 g/mol. The molecule has 3 rings (SSSR count). The monoisotopic (exact) mass is 387 g/mol. The smallest absolute Gasteiger partial charge is 0.445 e. The molecule has 26 heavy (non-hydrogen) atoms. The van der Waals surface area contributed by atoms with Crippen molar-refractivity contribution >= 4 is 29.2 Å². The van der Waals surface area contributed by atoms with Crippen LogP contribution >= 0.6 is 11.6 Å². The molecule has 0 amide bonds. The van der Waals surface area contributed by atoms with Crippen LogP contribution in [-0.2, 0) is 9.53 Å². The lowest BCUT2D eigenvalue weighted by Gasteiger charge is -2.36. The summed E-state index contributed by atoms with van der Waals surface area (Å²) in [6.07, 6.45) is -1.53. The Hall–Kier alpha value is -2.68. The van der Waals surface area contributed by atoms with Gasteiger partial charge in [-0.1, -0.05) is 23.7 Å². The van der Waals surface area contributed by atoms with E-state index in [1.165, 1.54) is 36.6 Å². The molecule has 2 heterocycles. The topological polar surface area (TPSA) is 54.3 Å². The summed E-state index contributed by atoms with van der Waals surface area (Å²) in [7, 11) is 0.786. The highest BCUT2D eigenvalue weighted by molar-refractivity contribution is 6.32. The molecule has 0 aromatic heterocycles. The van der Waals surface area contributed by atoms with Crippen LogP contribution in [0.1, 0.15) is 5.56 Å². The number of aliphatic imine (C=N–C) groups is 2. The first-order chi connectivity index (χ1) is 12.2. The summed E-state index contributed by atoms with van der Waals surface area (Å²) >= 11 is 5.89. The van der Waals surface area contributed by atoms with Crippen LogP contribution in [-0.4, -0.2) is 41.5 Å². The van der Waals surface area contributed by atoms with Crippen LogP contribution < -0.4 is 0 Å². The van der Waals surface area contributed by atoms with Gasteiger partial charge >= 0.3 is 17.8 Å². The van der Waals surface area contributed by atoms with Crippen LogP contribution in [0.25, 0.3) is 0 Å². The van der Waals surface area contributed by atoms with E-state index in [1.54, 1.807) is 0 Å². The first kappa shape index (κ1) is 18.1. The highest BCUT2D eigenvalue weighted by Crippen LogP contribution is 2.40. The van der Waals surface area contributed by atoms with E-state index in [1.807, 2.05) is 0 Å². The number of amidine groups is 2. The third-order valence-electron chi connectivity index (χ3n) is 3.64. The molecule has 10 heteroatoms. The maximum absolute atomic E-state index is 14.2. The number of methoxy groups -OCH3 is 1. The fourth-order valence-electron chi connectivity index (χ4n) is 2.43. The van der Waals surface area contributed by atoms with Gasteiger partial charge < -0.3 is 4.74 Å². The second-order valence-corrected chi connectivity index (χ2v) is 5.70. The van der Waals surface area contributed by atoms with Gasteiger partial charge in [-0.2, -0.15) is 13.2 Å². The number of carbonyl (C=O) groups excluding carboxylic acids is 1. The number of rotatable bonds is 2. The molecule has 0 unspecified atom stereocenters. The van der Waals surface area contributed by atoms with E-state index < -0.39 is 29.5 Å². The van der Waals surface area contributed by atoms with Gasteiger partial charge in [0.1, 0.15) is 17.5 Å². The summed E-state index contributed by atoms with van der Waals surface area (Å²) in [5, 5.41) is 0.158. The van der Waals surface area contributed by atoms with Gasteiger partial charge in [-0.15, -0.1) is 0 Å². The van der Waals surface area contributed by atoms with Crippen molar-refractivity contribution in [2.24, 2.45) is 9.98 Å². The molecule has 1 atom stereocenters. The van der Waals surface area contributed by atoms with Crippen molar-refractivity contribution in [3.05, 3.63) is 59.0 Å². The fraction of sp³-hybridized carbons (Fsp3) is 0.188. The number of halogens is 5. The van der Waals surface area contributed by atoms with Crippen LogP contribution in [0.15, 0.2) is 57.6 Å². The van der Waals surface area contributed by atoms with Crippen molar-refractivity contribution in [3.63, 3.8) is 0 Å². The predicted molar refractivity (Wildman–Crippen MR) is 86.1 cm³/mol. The molecule has 0 N–H and O–H groups in total. The third kappa shape index (κ3) is 2.78. The Morgan fingerprint density at radius 2 is 1.92 bits per heavy atom. The molecule has 0 spiro atoms. The zero-order valence-electron chi connectivity index (χ0n) is 13.1. The SMILES string of the molecule is COC(=O)[C@@]1(C(F)(F)F)N=C2C=CC(Cl)=CN2C(c2ccccc2F)=N1. The summed E-state index contributed by atoms with van der Waals surface area (Å²) in [5.41, 5.74) is -3.80. The molecule has 136 valence electrons. The van der Waals surface area contributed by atoms with Gasteiger partial charge in [0.15, 0.2) is 0 Å². The van der Waals surface area contributed by atoms with Gasteiger partial charge in [0.25, 0.3) is 0 Å². The lowest BCUT2D eigenvalue weighted by molar-refractivity contribution is -0.202. The maximum Gasteiger partial charge on any atom is 0.445 e. The van der Waals surface area contributed by atoms with E-state index in [9.17, 15) is 22.4 Å². The number of alkyl halides is 3. The lowest BCUT2D eigenvalue weighted by atomic mass is 10.1. The molecule has 0 radical (unpaired) electrons. The Kier molecular flexibility index (Phi) is 4.35. The Morgan fingerprint density at radius 1 is 1.23 bits per heavy atom. The number of esters is 1. The van der Waals surface area contributed by atoms with Crippen molar-refractivity contribution in [1.82, 2.24) is 4.90 Å². The minimum atomic E-state index is -5.21. The van der Waals surface area contributed by atoms with Crippen LogP contribution in [0, 0.1) is 5.82 Å². The van der Waals surface area contributed by atoms with Gasteiger partial charge in [-0.25, -0.2) is 19.2 Å². The summed E-state index contributed by atoms with van der Waals surface area (Å²) < 4.78 is 59.8. The number of ether oxygens (including phenoxy) is 1. The normalized spacial score (nSPS) is 22.2. The van der Waals surface area contributed by atoms with Crippen LogP contribution in [0.4, 0.5) is 17.6 Å². The highest BCUT2D eigenvalue weighted by atomic mass is 35.5. The van der Waals surface area contributed by atoms with Gasteiger partial charge in [0, 0.05) is 6.20 Å². The number of benzene rings is 1. The molecule has 0 bridgehead atoms. The molecule has 2 aliphatic rings. The van der Waals surface area contributed by atoms with Gasteiger partial charge in [-0.3, -0.25) is 4.90 Å². The van der Waals surface area contributed by atoms with E-state index in [-0.39, 0.29) is 16.4 Å². The molecule has 0 aliphatic carbocycles. The largest absolute Gasteiger partial charge is 0.465 e. The molecular weight excluding hydrogens is 378 g/mol. The third-order valence-corrected chi connectivity index (χ3v) is 3.87. The van der Waals surface area contributed by atoms with Crippen molar-refractivity contribution in [3.8, 4) is 0 Å². The number of hydrogen-bond donors (Lipinski definition) is 0. The van der Waals surface area contributed by atoms with E-state index in [4.69, 9.17) is 11.6 Å². The summed E-state index contributed by atoms with van der Waals surface area (Å²) in [5.74, 6) is -3.32. The van der Waals surface area contributed by atoms with Gasteiger partial charge in [0.05, 0.1) is 17.7 Å². The summed E-state index contributed by atoms with van der Waals surface area (Å²) in [6.45, 7) is 0. The molecule has 5 nitrogen and oxygen atoms in total. The zero-order valence-corrected chi connectivity index (χ0v) is 13.8. The molecule has 0 fully saturated rings. The Bertz CT molecular complexity index is 892. The first-order valence-corrected chi connectivity index (χ1v) is 7.52. The summed E-state index contributed by atoms with van der Waals surface area (Å²) in [6, 6.07) is 5.08. The molecule has 0 saturated carbocycles. The number of fused-ring (bicyclic) bond motifs is 1. The minimum absolute atomic E-state index is 0.158. The predicted octanol–water partition coefficient (Wildman–Crippen LogP) is 3.37. The summed E-state index contributed by atoms with van der Waals surface area (Å²) in [4.78, 5) is 20.0. The molecule has 1 aromatic carbocycles. The second-order valence-electron chi connectivity index (χ2n) is 5.26. The van der Waals surface area contributed by atoms with Gasteiger partial charge in [-0.05, 0) is 24.3 Å². The van der Waals surface area contributed by atoms with Crippen LogP contribution in [0.3, 0.4) is 0 Å². The quantitative estimate of drug-likeness (QED) is 0.577. The van der Waals surface area contributed by atoms with Gasteiger partial charge in [0.2, 0.25) is 0 Å². The van der Waals surface area contributed by atoms with E-state index in [0.717, 1.165) is 18.1 Å². The minimum Gasteiger partial charge on any atom is -0.465 e. The zero-order chi connectivity index (χ0) is 19.1. The van der Waals surface area contributed by atoms with Crippen molar-refractivity contribution in [2.75, 3.05) is 7.11 Å². The van der Waals surface area contributed by atoms with Crippen molar-refractivity contribution in [1.29, 1.82) is 0 Å². The molecule has 2 aliphatic heterocycles. The average Bonchev–Trinajstić information content (AvgIpc) is 2.59. The van der Waals surface area contributed by atoms with Crippen LogP contribution in [0.5, 0.6) is 0 Å². The van der Waals surface area contributed by atoms with E-state index >= 15 is 0 Å². The number of hydrogen-bond acceptors (Lipinski definition) is 5. The van der Waals surface area contributed by atoms with E-state index in [2.05, 4.69) is 14.7 Å². The Labute approximate surface area is 149 Å². The Balaban J connectivity index is 2.31. The number of allylic oxidation sites excluding steroid dienone is 2. The molecular formula is C16H10ClF4N3O2.